The number of carbonyl (C=O) groups excluding carboxylic acids is 3. The van der Waals surface area contributed by atoms with E-state index in [9.17, 15) is 34.8 Å². The molecule has 11 nitrogen and oxygen atoms in total. The highest BCUT2D eigenvalue weighted by Gasteiger charge is 2.64. The Kier molecular flexibility index (Phi) is 7.28. The average molecular weight is 579 g/mol. The van der Waals surface area contributed by atoms with Gasteiger partial charge in [0.05, 0.1) is 25.8 Å². The molecule has 0 aromatic heterocycles. The van der Waals surface area contributed by atoms with Gasteiger partial charge in [-0.2, -0.15) is 0 Å². The third-order valence-electron chi connectivity index (χ3n) is 8.83. The van der Waals surface area contributed by atoms with E-state index in [2.05, 4.69) is 0 Å². The van der Waals surface area contributed by atoms with Gasteiger partial charge in [0.15, 0.2) is 22.9 Å². The fraction of sp³-hybridized carbons (Fsp3) is 0.387. The molecule has 1 fully saturated rings. The number of methoxy groups -OCH3 is 2. The number of phenolic OH excluding ortho intramolecular Hbond substituents is 1. The van der Waals surface area contributed by atoms with Crippen LogP contribution in [-0.4, -0.2) is 82.8 Å². The van der Waals surface area contributed by atoms with E-state index in [4.69, 9.17) is 15.2 Å². The first-order valence-electron chi connectivity index (χ1n) is 13.6. The Morgan fingerprint density at radius 3 is 2.36 bits per heavy atom. The standard InChI is InChI=1S/C31H34N2O9/c1-33(2)25-18-13-16-12-17-15(7-5-14-6-10-20(41-3)21(11-14)42-4)8-9-19(34)23(17)26(35)22(16)28(37)31(18,40)29(38)24(27(25)36)30(32)39/h6,8-11,16,18,25,34-35,38,40H,5,7,12-13H2,1-4H3,(H2,32,39). The molecule has 3 aliphatic carbocycles. The topological polar surface area (TPSA) is 180 Å². The van der Waals surface area contributed by atoms with E-state index in [0.717, 1.165) is 11.1 Å². The van der Waals surface area contributed by atoms with Gasteiger partial charge in [0.1, 0.15) is 22.8 Å². The van der Waals surface area contributed by atoms with Crippen LogP contribution in [0.5, 0.6) is 17.2 Å². The number of primary amides is 1. The maximum atomic E-state index is 14.0. The highest BCUT2D eigenvalue weighted by molar-refractivity contribution is 6.24. The summed E-state index contributed by atoms with van der Waals surface area (Å²) in [4.78, 5) is 40.8. The van der Waals surface area contributed by atoms with Crippen molar-refractivity contribution in [2.24, 2.45) is 17.6 Å². The monoisotopic (exact) mass is 578 g/mol. The number of nitrogens with zero attached hydrogens (tertiary/aromatic N) is 1. The number of ketones is 2. The summed E-state index contributed by atoms with van der Waals surface area (Å²) in [6, 6.07) is 7.70. The van der Waals surface area contributed by atoms with Crippen LogP contribution in [0.1, 0.15) is 28.7 Å². The van der Waals surface area contributed by atoms with Gasteiger partial charge in [0.25, 0.3) is 5.91 Å². The van der Waals surface area contributed by atoms with Crippen molar-refractivity contribution >= 4 is 23.2 Å². The summed E-state index contributed by atoms with van der Waals surface area (Å²) >= 11 is 0. The van der Waals surface area contributed by atoms with Crippen LogP contribution < -0.4 is 15.2 Å². The Bertz CT molecular complexity index is 1570. The van der Waals surface area contributed by atoms with Crippen LogP contribution in [0.4, 0.5) is 0 Å². The molecule has 42 heavy (non-hydrogen) atoms. The van der Waals surface area contributed by atoms with Crippen molar-refractivity contribution in [1.82, 2.24) is 4.90 Å². The molecule has 222 valence electrons. The summed E-state index contributed by atoms with van der Waals surface area (Å²) in [5, 5.41) is 44.9. The van der Waals surface area contributed by atoms with E-state index in [1.54, 1.807) is 34.4 Å². The molecule has 0 saturated heterocycles. The third kappa shape index (κ3) is 4.23. The molecule has 4 unspecified atom stereocenters. The number of aryl methyl sites for hydroxylation is 2. The number of nitrogens with two attached hydrogens (primary N) is 1. The number of rotatable bonds is 7. The molecule has 2 aromatic carbocycles. The van der Waals surface area contributed by atoms with Crippen LogP contribution in [0.3, 0.4) is 0 Å². The molecule has 0 spiro atoms. The van der Waals surface area contributed by atoms with Crippen LogP contribution in [0.2, 0.25) is 0 Å². The van der Waals surface area contributed by atoms with Crippen LogP contribution in [0.25, 0.3) is 5.76 Å². The van der Waals surface area contributed by atoms with E-state index >= 15 is 0 Å². The summed E-state index contributed by atoms with van der Waals surface area (Å²) in [6.07, 6.45) is 1.42. The number of aromatic hydroxyl groups is 1. The summed E-state index contributed by atoms with van der Waals surface area (Å²) in [5.74, 6) is -5.49. The minimum Gasteiger partial charge on any atom is -0.508 e. The second kappa shape index (κ2) is 10.5. The van der Waals surface area contributed by atoms with E-state index in [-0.39, 0.29) is 29.7 Å². The Morgan fingerprint density at radius 2 is 1.74 bits per heavy atom. The van der Waals surface area contributed by atoms with Crippen molar-refractivity contribution in [3.05, 3.63) is 69.5 Å². The SMILES string of the molecule is COc1ccc(CCc2ccc(O)c3c2CC2CC4C(N(C)C)C(=O)C(C(N)=O)=C(O)C4(O)C(=O)C2=C3O)cc1OC. The smallest absolute Gasteiger partial charge is 0.255 e. The fourth-order valence-corrected chi connectivity index (χ4v) is 6.86. The van der Waals surface area contributed by atoms with E-state index in [0.29, 0.717) is 29.9 Å². The number of carbonyl (C=O) groups is 3. The van der Waals surface area contributed by atoms with Gasteiger partial charge in [0.2, 0.25) is 5.78 Å². The molecule has 1 saturated carbocycles. The van der Waals surface area contributed by atoms with Gasteiger partial charge in [-0.15, -0.1) is 0 Å². The molecule has 4 atom stereocenters. The minimum atomic E-state index is -2.66. The zero-order valence-electron chi connectivity index (χ0n) is 23.8. The van der Waals surface area contributed by atoms with Gasteiger partial charge >= 0.3 is 0 Å². The largest absolute Gasteiger partial charge is 0.508 e. The molecule has 0 heterocycles. The third-order valence-corrected chi connectivity index (χ3v) is 8.83. The van der Waals surface area contributed by atoms with E-state index < -0.39 is 58.0 Å². The number of ether oxygens (including phenoxy) is 2. The molecule has 3 aliphatic rings. The lowest BCUT2D eigenvalue weighted by atomic mass is 9.57. The average Bonchev–Trinajstić information content (AvgIpc) is 2.94. The highest BCUT2D eigenvalue weighted by atomic mass is 16.5. The van der Waals surface area contributed by atoms with Crippen molar-refractivity contribution in [1.29, 1.82) is 0 Å². The van der Waals surface area contributed by atoms with E-state index in [1.807, 2.05) is 18.2 Å². The lowest BCUT2D eigenvalue weighted by Crippen LogP contribution is -2.65. The van der Waals surface area contributed by atoms with Crippen LogP contribution in [0.15, 0.2) is 47.2 Å². The van der Waals surface area contributed by atoms with Gasteiger partial charge in [-0.25, -0.2) is 0 Å². The van der Waals surface area contributed by atoms with Crippen LogP contribution in [-0.2, 0) is 33.6 Å². The second-order valence-electron chi connectivity index (χ2n) is 11.2. The van der Waals surface area contributed by atoms with Crippen molar-refractivity contribution in [2.45, 2.75) is 37.3 Å². The van der Waals surface area contributed by atoms with Gasteiger partial charge in [0, 0.05) is 11.5 Å². The minimum absolute atomic E-state index is 0.0382. The second-order valence-corrected chi connectivity index (χ2v) is 11.2. The Labute approximate surface area is 242 Å². The van der Waals surface area contributed by atoms with Gasteiger partial charge < -0.3 is 35.6 Å². The molecule has 2 aromatic rings. The first-order valence-corrected chi connectivity index (χ1v) is 13.6. The fourth-order valence-electron chi connectivity index (χ4n) is 6.86. The zero-order valence-corrected chi connectivity index (χ0v) is 23.8. The van der Waals surface area contributed by atoms with Crippen LogP contribution in [0, 0.1) is 11.8 Å². The molecular formula is C31H34N2O9. The molecule has 11 heteroatoms. The van der Waals surface area contributed by atoms with Crippen molar-refractivity contribution in [3.63, 3.8) is 0 Å². The number of hydrogen-bond acceptors (Lipinski definition) is 10. The molecule has 5 rings (SSSR count). The number of amides is 1. The number of aliphatic hydroxyl groups is 3. The van der Waals surface area contributed by atoms with Crippen molar-refractivity contribution in [3.8, 4) is 17.2 Å². The molecule has 0 aliphatic heterocycles. The predicted molar refractivity (Wildman–Crippen MR) is 151 cm³/mol. The van der Waals surface area contributed by atoms with Gasteiger partial charge in [-0.3, -0.25) is 19.3 Å². The van der Waals surface area contributed by atoms with E-state index in [1.165, 1.54) is 11.0 Å². The number of phenols is 1. The maximum absolute atomic E-state index is 14.0. The Morgan fingerprint density at radius 1 is 1.05 bits per heavy atom. The summed E-state index contributed by atoms with van der Waals surface area (Å²) in [5.41, 5.74) is 4.26. The number of Topliss-reactive ketones (excluding diaryl/α,β-unsaturated/α-hetero) is 2. The first-order chi connectivity index (χ1) is 19.9. The lowest BCUT2D eigenvalue weighted by molar-refractivity contribution is -0.153. The zero-order chi connectivity index (χ0) is 30.7. The number of aliphatic hydroxyl groups excluding tert-OH is 2. The van der Waals surface area contributed by atoms with Crippen molar-refractivity contribution < 1.29 is 44.3 Å². The first kappa shape index (κ1) is 29.2. The van der Waals surface area contributed by atoms with Crippen molar-refractivity contribution in [2.75, 3.05) is 28.3 Å². The number of benzene rings is 2. The molecule has 6 N–H and O–H groups in total. The predicted octanol–water partition coefficient (Wildman–Crippen LogP) is 1.77. The quantitative estimate of drug-likeness (QED) is 0.304. The Balaban J connectivity index is 1.58. The van der Waals surface area contributed by atoms with Crippen LogP contribution >= 0.6 is 0 Å². The molecule has 0 radical (unpaired) electrons. The summed E-state index contributed by atoms with van der Waals surface area (Å²) < 4.78 is 10.7. The number of fused-ring (bicyclic) bond motifs is 3. The van der Waals surface area contributed by atoms with Gasteiger partial charge in [-0.1, -0.05) is 12.1 Å². The highest BCUT2D eigenvalue weighted by Crippen LogP contribution is 2.53. The molecule has 0 bridgehead atoms. The molecule has 1 amide bonds. The Hall–Kier alpha value is -4.35. The van der Waals surface area contributed by atoms with Gasteiger partial charge in [-0.05, 0) is 80.6 Å². The lowest BCUT2D eigenvalue weighted by Gasteiger charge is -2.50. The summed E-state index contributed by atoms with van der Waals surface area (Å²) in [7, 11) is 6.25. The number of likely N-dealkylation sites (N-methyl/N-ethyl adjacent to an activating group) is 1. The number of hydrogen-bond donors (Lipinski definition) is 5. The normalized spacial score (nSPS) is 25.2. The molecular weight excluding hydrogens is 544 g/mol. The maximum Gasteiger partial charge on any atom is 0.255 e. The summed E-state index contributed by atoms with van der Waals surface area (Å²) in [6.45, 7) is 0.